The third kappa shape index (κ3) is 4.08. The van der Waals surface area contributed by atoms with E-state index in [1.54, 1.807) is 0 Å². The van der Waals surface area contributed by atoms with Gasteiger partial charge in [0.25, 0.3) is 0 Å². The second-order valence-electron chi connectivity index (χ2n) is 3.11. The maximum Gasteiger partial charge on any atom is 0.306 e. The van der Waals surface area contributed by atoms with Crippen LogP contribution in [0.2, 0.25) is 5.02 Å². The van der Waals surface area contributed by atoms with Crippen molar-refractivity contribution in [1.82, 2.24) is 0 Å². The molecule has 1 aromatic carbocycles. The fourth-order valence-corrected chi connectivity index (χ4v) is 1.75. The van der Waals surface area contributed by atoms with E-state index in [4.69, 9.17) is 11.6 Å². The molecule has 0 aliphatic carbocycles. The van der Waals surface area contributed by atoms with Crippen molar-refractivity contribution in [3.05, 3.63) is 23.2 Å². The summed E-state index contributed by atoms with van der Waals surface area (Å²) in [5.74, 6) is -0.217. The fourth-order valence-electron chi connectivity index (χ4n) is 1.01. The molecule has 0 radical (unpaired) electrons. The summed E-state index contributed by atoms with van der Waals surface area (Å²) in [6.07, 6.45) is 0.922. The molecule has 1 rings (SSSR count). The van der Waals surface area contributed by atoms with Crippen LogP contribution in [0, 0.1) is 0 Å². The zero-order chi connectivity index (χ0) is 12.3. The van der Waals surface area contributed by atoms with E-state index in [9.17, 15) is 13.2 Å². The second kappa shape index (κ2) is 4.71. The molecule has 7 heteroatoms. The minimum absolute atomic E-state index is 0.0262. The average molecular weight is 264 g/mol. The van der Waals surface area contributed by atoms with E-state index in [2.05, 4.69) is 9.50 Å². The Labute approximate surface area is 98.5 Å². The van der Waals surface area contributed by atoms with E-state index in [-0.39, 0.29) is 16.7 Å². The lowest BCUT2D eigenvalue weighted by molar-refractivity contribution is -0.114. The monoisotopic (exact) mass is 263 g/mol. The summed E-state index contributed by atoms with van der Waals surface area (Å²) in [4.78, 5) is 10.8. The molecule has 0 saturated heterocycles. The first-order chi connectivity index (χ1) is 7.28. The summed E-state index contributed by atoms with van der Waals surface area (Å²) in [6.45, 7) is 1.36. The molecule has 0 aliphatic heterocycles. The summed E-state index contributed by atoms with van der Waals surface area (Å²) in [5, 5.41) is 2.62. The van der Waals surface area contributed by atoms with Gasteiger partial charge in [-0.15, -0.1) is 0 Å². The van der Waals surface area contributed by atoms with E-state index in [1.807, 2.05) is 0 Å². The van der Waals surface area contributed by atoms with E-state index in [1.165, 1.54) is 25.1 Å². The minimum Gasteiger partial charge on any atom is -0.381 e. The molecule has 5 nitrogen and oxygen atoms in total. The molecular weight excluding hydrogens is 254 g/mol. The lowest BCUT2D eigenvalue weighted by Gasteiger charge is -2.07. The van der Waals surface area contributed by atoms with Gasteiger partial charge in [-0.25, -0.2) is 0 Å². The quantitative estimate of drug-likeness (QED) is 0.842. The molecule has 1 N–H and O–H groups in total. The predicted molar refractivity (Wildman–Crippen MR) is 61.2 cm³/mol. The Morgan fingerprint density at radius 1 is 1.44 bits per heavy atom. The number of carbonyl (C=O) groups is 1. The summed E-state index contributed by atoms with van der Waals surface area (Å²) < 4.78 is 26.3. The van der Waals surface area contributed by atoms with Crippen LogP contribution >= 0.6 is 11.6 Å². The van der Waals surface area contributed by atoms with Crippen LogP contribution in [0.3, 0.4) is 0 Å². The van der Waals surface area contributed by atoms with Crippen molar-refractivity contribution >= 4 is 33.3 Å². The normalized spacial score (nSPS) is 10.9. The predicted octanol–water partition coefficient (Wildman–Crippen LogP) is 1.64. The van der Waals surface area contributed by atoms with Crippen molar-refractivity contribution in [1.29, 1.82) is 0 Å². The standard InChI is InChI=1S/C9H10ClNO4S/c1-6(12)11-7-3-4-9(8(10)5-7)15-16(2,13)14/h3-5H,1-2H3,(H,11,12). The molecule has 0 spiro atoms. The number of carbonyl (C=O) groups excluding carboxylic acids is 1. The molecule has 0 bridgehead atoms. The lowest BCUT2D eigenvalue weighted by atomic mass is 10.3. The highest BCUT2D eigenvalue weighted by Crippen LogP contribution is 2.28. The summed E-state index contributed by atoms with van der Waals surface area (Å²) in [6, 6.07) is 4.27. The van der Waals surface area contributed by atoms with Crippen LogP contribution in [0.1, 0.15) is 6.92 Å². The minimum atomic E-state index is -3.61. The fraction of sp³-hybridized carbons (Fsp3) is 0.222. The summed E-state index contributed by atoms with van der Waals surface area (Å²) in [7, 11) is -3.61. The first-order valence-corrected chi connectivity index (χ1v) is 6.44. The van der Waals surface area contributed by atoms with E-state index >= 15 is 0 Å². The molecular formula is C9H10ClNO4S. The van der Waals surface area contributed by atoms with Crippen molar-refractivity contribution in [3.8, 4) is 5.75 Å². The van der Waals surface area contributed by atoms with Crippen LogP contribution in [0.15, 0.2) is 18.2 Å². The van der Waals surface area contributed by atoms with Crippen LogP contribution in [0.4, 0.5) is 5.69 Å². The maximum atomic E-state index is 10.9. The van der Waals surface area contributed by atoms with Gasteiger partial charge in [-0.1, -0.05) is 11.6 Å². The highest BCUT2D eigenvalue weighted by Gasteiger charge is 2.09. The Hall–Kier alpha value is -1.27. The van der Waals surface area contributed by atoms with Gasteiger partial charge in [0.15, 0.2) is 5.75 Å². The van der Waals surface area contributed by atoms with Gasteiger partial charge in [0.05, 0.1) is 11.3 Å². The summed E-state index contributed by atoms with van der Waals surface area (Å²) in [5.41, 5.74) is 0.471. The molecule has 0 fully saturated rings. The van der Waals surface area contributed by atoms with Crippen LogP contribution in [0.5, 0.6) is 5.75 Å². The number of anilines is 1. The number of hydrogen-bond acceptors (Lipinski definition) is 4. The van der Waals surface area contributed by atoms with Crippen molar-refractivity contribution in [3.63, 3.8) is 0 Å². The SMILES string of the molecule is CC(=O)Nc1ccc(OS(C)(=O)=O)c(Cl)c1. The molecule has 0 atom stereocenters. The number of halogens is 1. The number of nitrogens with one attached hydrogen (secondary N) is 1. The van der Waals surface area contributed by atoms with Gasteiger partial charge in [-0.3, -0.25) is 4.79 Å². The number of benzene rings is 1. The Balaban J connectivity index is 2.96. The molecule has 0 unspecified atom stereocenters. The number of amides is 1. The van der Waals surface area contributed by atoms with Gasteiger partial charge >= 0.3 is 10.1 Å². The van der Waals surface area contributed by atoms with E-state index in [0.29, 0.717) is 5.69 Å². The van der Waals surface area contributed by atoms with Gasteiger partial charge < -0.3 is 9.50 Å². The molecule has 0 heterocycles. The highest BCUT2D eigenvalue weighted by molar-refractivity contribution is 7.86. The van der Waals surface area contributed by atoms with Crippen molar-refractivity contribution < 1.29 is 17.4 Å². The molecule has 0 aliphatic rings. The topological polar surface area (TPSA) is 72.5 Å². The molecule has 16 heavy (non-hydrogen) atoms. The molecule has 0 aromatic heterocycles. The zero-order valence-corrected chi connectivity index (χ0v) is 10.2. The van der Waals surface area contributed by atoms with E-state index in [0.717, 1.165) is 6.26 Å². The van der Waals surface area contributed by atoms with Crippen LogP contribution in [0.25, 0.3) is 0 Å². The maximum absolute atomic E-state index is 10.9. The average Bonchev–Trinajstić information content (AvgIpc) is 2.06. The van der Waals surface area contributed by atoms with Crippen LogP contribution in [-0.2, 0) is 14.9 Å². The number of rotatable bonds is 3. The summed E-state index contributed by atoms with van der Waals surface area (Å²) >= 11 is 5.78. The molecule has 1 aromatic rings. The Morgan fingerprint density at radius 2 is 2.06 bits per heavy atom. The van der Waals surface area contributed by atoms with Crippen molar-refractivity contribution in [2.24, 2.45) is 0 Å². The Morgan fingerprint density at radius 3 is 2.50 bits per heavy atom. The van der Waals surface area contributed by atoms with Gasteiger partial charge in [-0.05, 0) is 18.2 Å². The van der Waals surface area contributed by atoms with Crippen LogP contribution < -0.4 is 9.50 Å². The lowest BCUT2D eigenvalue weighted by Crippen LogP contribution is -2.08. The Kier molecular flexibility index (Phi) is 3.77. The highest BCUT2D eigenvalue weighted by atomic mass is 35.5. The Bertz CT molecular complexity index is 512. The first-order valence-electron chi connectivity index (χ1n) is 4.24. The third-order valence-corrected chi connectivity index (χ3v) is 2.27. The third-order valence-electron chi connectivity index (χ3n) is 1.49. The van der Waals surface area contributed by atoms with E-state index < -0.39 is 10.1 Å². The molecule has 0 saturated carbocycles. The zero-order valence-electron chi connectivity index (χ0n) is 8.65. The second-order valence-corrected chi connectivity index (χ2v) is 5.10. The first kappa shape index (κ1) is 12.8. The van der Waals surface area contributed by atoms with Gasteiger partial charge in [0.2, 0.25) is 5.91 Å². The van der Waals surface area contributed by atoms with Gasteiger partial charge in [0, 0.05) is 12.6 Å². The smallest absolute Gasteiger partial charge is 0.306 e. The largest absolute Gasteiger partial charge is 0.381 e. The van der Waals surface area contributed by atoms with Crippen LogP contribution in [-0.4, -0.2) is 20.6 Å². The molecule has 1 amide bonds. The van der Waals surface area contributed by atoms with Gasteiger partial charge in [-0.2, -0.15) is 8.42 Å². The van der Waals surface area contributed by atoms with Crippen molar-refractivity contribution in [2.45, 2.75) is 6.92 Å². The number of hydrogen-bond donors (Lipinski definition) is 1. The van der Waals surface area contributed by atoms with Gasteiger partial charge in [0.1, 0.15) is 0 Å². The van der Waals surface area contributed by atoms with Crippen molar-refractivity contribution in [2.75, 3.05) is 11.6 Å². The molecule has 88 valence electrons.